The van der Waals surface area contributed by atoms with E-state index in [2.05, 4.69) is 41.4 Å². The molecule has 0 radical (unpaired) electrons. The number of fused-ring (bicyclic) bond motifs is 1. The minimum atomic E-state index is -0.559. The van der Waals surface area contributed by atoms with Gasteiger partial charge in [-0.2, -0.15) is 10.1 Å². The molecule has 3 aromatic carbocycles. The van der Waals surface area contributed by atoms with Crippen LogP contribution in [0, 0.1) is 10.1 Å². The molecule has 0 aliphatic carbocycles. The number of hydrogen-bond donors (Lipinski definition) is 5. The molecule has 0 aliphatic heterocycles. The van der Waals surface area contributed by atoms with Crippen molar-refractivity contribution < 1.29 is 9.72 Å². The smallest absolute Gasteiger partial charge is 0.329 e. The maximum absolute atomic E-state index is 12.3. The number of aromatic nitrogens is 4. The van der Waals surface area contributed by atoms with Crippen LogP contribution in [0.5, 0.6) is 0 Å². The summed E-state index contributed by atoms with van der Waals surface area (Å²) in [5, 5.41) is 30.8. The van der Waals surface area contributed by atoms with Crippen LogP contribution in [0.4, 0.5) is 45.0 Å². The van der Waals surface area contributed by atoms with Gasteiger partial charge in [0.2, 0.25) is 11.8 Å². The number of nitrogens with zero attached hydrogens (tertiary/aromatic N) is 4. The highest BCUT2D eigenvalue weighted by atomic mass is 16.6. The lowest BCUT2D eigenvalue weighted by molar-refractivity contribution is -0.384. The van der Waals surface area contributed by atoms with Crippen LogP contribution >= 0.6 is 0 Å². The van der Waals surface area contributed by atoms with Crippen molar-refractivity contribution in [2.45, 2.75) is 0 Å². The van der Waals surface area contributed by atoms with Gasteiger partial charge in [-0.25, -0.2) is 9.78 Å². The largest absolute Gasteiger partial charge is 0.334 e. The average Bonchev–Trinajstić information content (AvgIpc) is 3.33. The van der Waals surface area contributed by atoms with E-state index >= 15 is 0 Å². The number of carbonyl (C=O) groups excluding carboxylic acids is 1. The third kappa shape index (κ3) is 5.17. The molecule has 2 aromatic heterocycles. The summed E-state index contributed by atoms with van der Waals surface area (Å²) in [6.07, 6.45) is 2.81. The van der Waals surface area contributed by atoms with Crippen molar-refractivity contribution >= 4 is 57.1 Å². The second-order valence-corrected chi connectivity index (χ2v) is 7.63. The van der Waals surface area contributed by atoms with Crippen LogP contribution in [0.15, 0.2) is 85.2 Å². The molecule has 0 unspecified atom stereocenters. The maximum Gasteiger partial charge on any atom is 0.329 e. The highest BCUT2D eigenvalue weighted by molar-refractivity contribution is 6.00. The first-order valence-electron chi connectivity index (χ1n) is 10.8. The van der Waals surface area contributed by atoms with Crippen LogP contribution in [0.2, 0.25) is 0 Å². The number of nitrogens with one attached hydrogen (secondary N) is 5. The van der Waals surface area contributed by atoms with Crippen LogP contribution in [-0.4, -0.2) is 31.1 Å². The minimum Gasteiger partial charge on any atom is -0.334 e. The predicted octanol–water partition coefficient (Wildman–Crippen LogP) is 5.39. The maximum atomic E-state index is 12.3. The molecule has 0 saturated carbocycles. The quantitative estimate of drug-likeness (QED) is 0.152. The number of nitro groups is 1. The predicted molar refractivity (Wildman–Crippen MR) is 137 cm³/mol. The van der Waals surface area contributed by atoms with Crippen molar-refractivity contribution in [2.24, 2.45) is 0 Å². The Morgan fingerprint density at radius 2 is 1.58 bits per heavy atom. The standard InChI is InChI=1S/C24H19N9O3/c34-24(29-16-5-2-1-3-6-16)30-18-8-4-7-17(11-18)28-23-25-14-21(33(35)36)22(31-23)27-19-10-9-15-13-26-32-20(15)12-19/h1-14H,(H,26,32)(H2,29,30,34)(H2,25,27,28,31). The van der Waals surface area contributed by atoms with Crippen LogP contribution in [0.25, 0.3) is 10.9 Å². The zero-order chi connectivity index (χ0) is 24.9. The summed E-state index contributed by atoms with van der Waals surface area (Å²) in [4.78, 5) is 31.6. The molecule has 5 rings (SSSR count). The van der Waals surface area contributed by atoms with E-state index in [1.54, 1.807) is 54.7 Å². The number of benzene rings is 3. The van der Waals surface area contributed by atoms with E-state index in [0.29, 0.717) is 22.7 Å². The lowest BCUT2D eigenvalue weighted by Gasteiger charge is -2.11. The molecule has 0 saturated heterocycles. The summed E-state index contributed by atoms with van der Waals surface area (Å²) in [5.74, 6) is 0.157. The number of rotatable bonds is 7. The fourth-order valence-electron chi connectivity index (χ4n) is 3.43. The third-order valence-corrected chi connectivity index (χ3v) is 5.08. The molecule has 5 aromatic rings. The van der Waals surface area contributed by atoms with Gasteiger partial charge in [0.25, 0.3) is 0 Å². The Balaban J connectivity index is 1.33. The van der Waals surface area contributed by atoms with Crippen LogP contribution in [0.1, 0.15) is 0 Å². The van der Waals surface area contributed by atoms with E-state index in [4.69, 9.17) is 0 Å². The first-order chi connectivity index (χ1) is 17.5. The zero-order valence-electron chi connectivity index (χ0n) is 18.6. The number of urea groups is 1. The molecular weight excluding hydrogens is 462 g/mol. The summed E-state index contributed by atoms with van der Waals surface area (Å²) in [6.45, 7) is 0. The summed E-state index contributed by atoms with van der Waals surface area (Å²) in [6, 6.07) is 21.0. The molecule has 178 valence electrons. The Kier molecular flexibility index (Phi) is 6.04. The van der Waals surface area contributed by atoms with Gasteiger partial charge in [0, 0.05) is 28.1 Å². The van der Waals surface area contributed by atoms with E-state index < -0.39 is 11.0 Å². The van der Waals surface area contributed by atoms with Gasteiger partial charge in [-0.1, -0.05) is 24.3 Å². The number of H-pyrrole nitrogens is 1. The highest BCUT2D eigenvalue weighted by Crippen LogP contribution is 2.28. The van der Waals surface area contributed by atoms with Crippen molar-refractivity contribution in [1.29, 1.82) is 0 Å². The lowest BCUT2D eigenvalue weighted by Crippen LogP contribution is -2.19. The summed E-state index contributed by atoms with van der Waals surface area (Å²) < 4.78 is 0. The van der Waals surface area contributed by atoms with E-state index in [0.717, 1.165) is 17.1 Å². The molecule has 2 amide bonds. The van der Waals surface area contributed by atoms with Crippen molar-refractivity contribution in [3.05, 3.63) is 95.3 Å². The molecule has 0 spiro atoms. The summed E-state index contributed by atoms with van der Waals surface area (Å²) in [7, 11) is 0. The molecule has 5 N–H and O–H groups in total. The Morgan fingerprint density at radius 1 is 0.833 bits per heavy atom. The Hall–Kier alpha value is -5.52. The first kappa shape index (κ1) is 22.3. The van der Waals surface area contributed by atoms with E-state index in [9.17, 15) is 14.9 Å². The summed E-state index contributed by atoms with van der Waals surface area (Å²) >= 11 is 0. The van der Waals surface area contributed by atoms with Crippen molar-refractivity contribution in [2.75, 3.05) is 21.3 Å². The molecule has 36 heavy (non-hydrogen) atoms. The highest BCUT2D eigenvalue weighted by Gasteiger charge is 2.18. The Bertz CT molecular complexity index is 1550. The van der Waals surface area contributed by atoms with E-state index in [1.165, 1.54) is 0 Å². The molecule has 12 nitrogen and oxygen atoms in total. The lowest BCUT2D eigenvalue weighted by atomic mass is 10.2. The number of aromatic amines is 1. The van der Waals surface area contributed by atoms with Crippen molar-refractivity contribution in [1.82, 2.24) is 20.2 Å². The van der Waals surface area contributed by atoms with Gasteiger partial charge < -0.3 is 21.3 Å². The van der Waals surface area contributed by atoms with Crippen molar-refractivity contribution in [3.8, 4) is 0 Å². The number of hydrogen-bond acceptors (Lipinski definition) is 8. The number of anilines is 6. The third-order valence-electron chi connectivity index (χ3n) is 5.08. The van der Waals surface area contributed by atoms with Crippen LogP contribution in [0.3, 0.4) is 0 Å². The second-order valence-electron chi connectivity index (χ2n) is 7.63. The molecule has 0 fully saturated rings. The minimum absolute atomic E-state index is 0.0212. The fourth-order valence-corrected chi connectivity index (χ4v) is 3.43. The molecule has 2 heterocycles. The molecular formula is C24H19N9O3. The Labute approximate surface area is 203 Å². The Morgan fingerprint density at radius 3 is 2.42 bits per heavy atom. The van der Waals surface area contributed by atoms with Gasteiger partial charge in [0.15, 0.2) is 0 Å². The topological polar surface area (TPSA) is 163 Å². The van der Waals surface area contributed by atoms with Gasteiger partial charge in [0.1, 0.15) is 6.20 Å². The van der Waals surface area contributed by atoms with Crippen molar-refractivity contribution in [3.63, 3.8) is 0 Å². The van der Waals surface area contributed by atoms with Gasteiger partial charge in [-0.15, -0.1) is 0 Å². The average molecular weight is 481 g/mol. The molecule has 0 atom stereocenters. The van der Waals surface area contributed by atoms with Crippen LogP contribution in [-0.2, 0) is 0 Å². The SMILES string of the molecule is O=C(Nc1ccccc1)Nc1cccc(Nc2ncc([N+](=O)[O-])c(Nc3ccc4cn[nH]c4c3)n2)c1. The number of amides is 2. The van der Waals surface area contributed by atoms with Crippen LogP contribution < -0.4 is 21.3 Å². The number of para-hydroxylation sites is 1. The molecule has 12 heteroatoms. The van der Waals surface area contributed by atoms with E-state index in [1.807, 2.05) is 24.3 Å². The van der Waals surface area contributed by atoms with Gasteiger partial charge in [0.05, 0.1) is 16.6 Å². The van der Waals surface area contributed by atoms with Gasteiger partial charge in [-0.3, -0.25) is 15.2 Å². The first-order valence-corrected chi connectivity index (χ1v) is 10.8. The number of carbonyl (C=O) groups is 1. The van der Waals surface area contributed by atoms with Gasteiger partial charge in [-0.05, 0) is 48.5 Å². The monoisotopic (exact) mass is 481 g/mol. The van der Waals surface area contributed by atoms with E-state index in [-0.39, 0.29) is 17.5 Å². The molecule has 0 aliphatic rings. The normalized spacial score (nSPS) is 10.6. The zero-order valence-corrected chi connectivity index (χ0v) is 18.6. The fraction of sp³-hybridized carbons (Fsp3) is 0. The van der Waals surface area contributed by atoms with Gasteiger partial charge >= 0.3 is 11.7 Å². The molecule has 0 bridgehead atoms. The second kappa shape index (κ2) is 9.77. The summed E-state index contributed by atoms with van der Waals surface area (Å²) in [5.41, 5.74) is 2.85.